The van der Waals surface area contributed by atoms with Crippen LogP contribution in [0.15, 0.2) is 23.7 Å². The fourth-order valence-electron chi connectivity index (χ4n) is 1.99. The summed E-state index contributed by atoms with van der Waals surface area (Å²) in [6, 6.07) is 4.77. The highest BCUT2D eigenvalue weighted by Gasteiger charge is 2.20. The Morgan fingerprint density at radius 1 is 1.45 bits per heavy atom. The van der Waals surface area contributed by atoms with Crippen molar-refractivity contribution in [1.29, 1.82) is 0 Å². The second-order valence-electron chi connectivity index (χ2n) is 4.22. The lowest BCUT2D eigenvalue weighted by molar-refractivity contribution is -0.128. The number of benzene rings is 1. The number of phenolic OH excluding ortho intramolecular Hbond substituents is 1. The first kappa shape index (κ1) is 14.2. The summed E-state index contributed by atoms with van der Waals surface area (Å²) in [5.41, 5.74) is 3.58. The molecule has 0 saturated carbocycles. The maximum absolute atomic E-state index is 10.9. The molecule has 0 radical (unpaired) electrons. The minimum absolute atomic E-state index is 0.0696. The van der Waals surface area contributed by atoms with Crippen molar-refractivity contribution in [3.05, 3.63) is 45.4 Å². The third kappa shape index (κ3) is 2.85. The molecule has 104 valence electrons. The van der Waals surface area contributed by atoms with E-state index in [9.17, 15) is 14.7 Å². The van der Waals surface area contributed by atoms with E-state index < -0.39 is 0 Å². The summed E-state index contributed by atoms with van der Waals surface area (Å²) in [4.78, 5) is 26.5. The number of hydrogen-bond acceptors (Lipinski definition) is 6. The van der Waals surface area contributed by atoms with Crippen molar-refractivity contribution >= 4 is 24.1 Å². The summed E-state index contributed by atoms with van der Waals surface area (Å²) >= 11 is 1.46. The maximum atomic E-state index is 10.9. The summed E-state index contributed by atoms with van der Waals surface area (Å²) in [6.45, 7) is 2.43. The molecule has 0 fully saturated rings. The summed E-state index contributed by atoms with van der Waals surface area (Å²) in [6.07, 6.45) is 0.593. The van der Waals surface area contributed by atoms with E-state index in [4.69, 9.17) is 4.74 Å². The van der Waals surface area contributed by atoms with Crippen LogP contribution in [-0.2, 0) is 9.53 Å². The zero-order valence-electron chi connectivity index (χ0n) is 10.8. The van der Waals surface area contributed by atoms with E-state index >= 15 is 0 Å². The van der Waals surface area contributed by atoms with E-state index in [1.54, 1.807) is 17.6 Å². The van der Waals surface area contributed by atoms with Gasteiger partial charge >= 0.3 is 0 Å². The summed E-state index contributed by atoms with van der Waals surface area (Å²) in [5, 5.41) is 9.55. The fourth-order valence-corrected chi connectivity index (χ4v) is 2.90. The number of carbonyl (C=O) groups is 2. The molecule has 5 nitrogen and oxygen atoms in total. The minimum Gasteiger partial charge on any atom is -0.507 e. The van der Waals surface area contributed by atoms with Gasteiger partial charge in [-0.05, 0) is 24.6 Å². The Labute approximate surface area is 119 Å². The number of thiazole rings is 1. The molecule has 1 N–H and O–H groups in total. The van der Waals surface area contributed by atoms with Gasteiger partial charge in [-0.1, -0.05) is 6.07 Å². The Kier molecular flexibility index (Phi) is 4.47. The van der Waals surface area contributed by atoms with E-state index in [0.717, 1.165) is 16.1 Å². The van der Waals surface area contributed by atoms with Gasteiger partial charge in [-0.25, -0.2) is 4.98 Å². The van der Waals surface area contributed by atoms with E-state index in [2.05, 4.69) is 4.98 Å². The van der Waals surface area contributed by atoms with Gasteiger partial charge in [0, 0.05) is 4.88 Å². The lowest BCUT2D eigenvalue weighted by atomic mass is 9.95. The van der Waals surface area contributed by atoms with Crippen LogP contribution in [0.25, 0.3) is 0 Å². The van der Waals surface area contributed by atoms with Crippen molar-refractivity contribution in [2.75, 3.05) is 6.61 Å². The quantitative estimate of drug-likeness (QED) is 0.826. The topological polar surface area (TPSA) is 76.5 Å². The third-order valence-corrected chi connectivity index (χ3v) is 4.06. The molecule has 1 unspecified atom stereocenters. The van der Waals surface area contributed by atoms with Crippen molar-refractivity contribution in [1.82, 2.24) is 4.98 Å². The zero-order chi connectivity index (χ0) is 14.5. The maximum Gasteiger partial charge on any atom is 0.293 e. The van der Waals surface area contributed by atoms with Crippen molar-refractivity contribution in [3.8, 4) is 5.75 Å². The average molecular weight is 291 g/mol. The first-order valence-electron chi connectivity index (χ1n) is 5.90. The van der Waals surface area contributed by atoms with Crippen LogP contribution < -0.4 is 0 Å². The monoisotopic (exact) mass is 291 g/mol. The van der Waals surface area contributed by atoms with Crippen LogP contribution in [0, 0.1) is 6.92 Å². The Hall–Kier alpha value is -2.21. The Balaban J connectivity index is 2.43. The number of ether oxygens (including phenoxy) is 1. The number of phenols is 1. The fraction of sp³-hybridized carbons (Fsp3) is 0.214. The van der Waals surface area contributed by atoms with E-state index in [1.165, 1.54) is 17.4 Å². The van der Waals surface area contributed by atoms with Gasteiger partial charge in [0.25, 0.3) is 6.47 Å². The lowest BCUT2D eigenvalue weighted by Gasteiger charge is -2.16. The smallest absolute Gasteiger partial charge is 0.293 e. The second kappa shape index (κ2) is 6.29. The number of hydrogen-bond donors (Lipinski definition) is 1. The number of aldehydes is 1. The van der Waals surface area contributed by atoms with Crippen molar-refractivity contribution < 1.29 is 19.4 Å². The van der Waals surface area contributed by atoms with Crippen LogP contribution in [0.4, 0.5) is 0 Å². The standard InChI is InChI=1S/C14H13NO4S/c1-9-14(20-7-15-9)12(6-19-8-17)10-2-3-13(18)11(4-10)5-16/h2-5,7-8,12,18H,6H2,1H3. The van der Waals surface area contributed by atoms with Crippen molar-refractivity contribution in [3.63, 3.8) is 0 Å². The van der Waals surface area contributed by atoms with Crippen LogP contribution in [-0.4, -0.2) is 29.5 Å². The molecule has 1 heterocycles. The van der Waals surface area contributed by atoms with Gasteiger partial charge in [0.15, 0.2) is 6.29 Å². The minimum atomic E-state index is -0.202. The normalized spacial score (nSPS) is 11.8. The molecule has 2 aromatic rings. The number of aromatic nitrogens is 1. The first-order valence-corrected chi connectivity index (χ1v) is 6.78. The highest BCUT2D eigenvalue weighted by atomic mass is 32.1. The van der Waals surface area contributed by atoms with Gasteiger partial charge in [-0.3, -0.25) is 9.59 Å². The lowest BCUT2D eigenvalue weighted by Crippen LogP contribution is -2.09. The highest BCUT2D eigenvalue weighted by molar-refractivity contribution is 7.09. The van der Waals surface area contributed by atoms with E-state index in [-0.39, 0.29) is 23.8 Å². The van der Waals surface area contributed by atoms with Crippen molar-refractivity contribution in [2.24, 2.45) is 0 Å². The SMILES string of the molecule is Cc1ncsc1C(COC=O)c1ccc(O)c(C=O)c1. The van der Waals surface area contributed by atoms with Gasteiger partial charge in [0.2, 0.25) is 0 Å². The largest absolute Gasteiger partial charge is 0.507 e. The van der Waals surface area contributed by atoms with Gasteiger partial charge in [-0.15, -0.1) is 11.3 Å². The molecule has 2 rings (SSSR count). The Morgan fingerprint density at radius 3 is 2.85 bits per heavy atom. The predicted molar refractivity (Wildman–Crippen MR) is 74.2 cm³/mol. The molecule has 0 aliphatic heterocycles. The molecule has 1 aromatic heterocycles. The first-order chi connectivity index (χ1) is 9.67. The Morgan fingerprint density at radius 2 is 2.25 bits per heavy atom. The van der Waals surface area contributed by atoms with Crippen LogP contribution >= 0.6 is 11.3 Å². The molecular formula is C14H13NO4S. The third-order valence-electron chi connectivity index (χ3n) is 3.01. The van der Waals surface area contributed by atoms with Gasteiger partial charge < -0.3 is 9.84 Å². The van der Waals surface area contributed by atoms with Gasteiger partial charge in [0.1, 0.15) is 12.4 Å². The second-order valence-corrected chi connectivity index (χ2v) is 5.11. The van der Waals surface area contributed by atoms with E-state index in [1.807, 2.05) is 6.92 Å². The van der Waals surface area contributed by atoms with Gasteiger partial charge in [0.05, 0.1) is 22.7 Å². The zero-order valence-corrected chi connectivity index (χ0v) is 11.6. The molecule has 0 aliphatic carbocycles. The molecule has 0 amide bonds. The van der Waals surface area contributed by atoms with Crippen LogP contribution in [0.1, 0.15) is 32.4 Å². The summed E-state index contributed by atoms with van der Waals surface area (Å²) in [7, 11) is 0. The van der Waals surface area contributed by atoms with Gasteiger partial charge in [-0.2, -0.15) is 0 Å². The van der Waals surface area contributed by atoms with Crippen LogP contribution in [0.5, 0.6) is 5.75 Å². The molecule has 0 bridgehead atoms. The number of aryl methyl sites for hydroxylation is 1. The molecule has 0 spiro atoms. The van der Waals surface area contributed by atoms with Crippen LogP contribution in [0.2, 0.25) is 0 Å². The Bertz CT molecular complexity index is 623. The molecule has 0 saturated heterocycles. The summed E-state index contributed by atoms with van der Waals surface area (Å²) in [5.74, 6) is -0.271. The van der Waals surface area contributed by atoms with Crippen LogP contribution in [0.3, 0.4) is 0 Å². The van der Waals surface area contributed by atoms with E-state index in [0.29, 0.717) is 12.8 Å². The number of nitrogens with zero attached hydrogens (tertiary/aromatic N) is 1. The molecule has 1 aromatic carbocycles. The molecule has 0 aliphatic rings. The predicted octanol–water partition coefficient (Wildman–Crippen LogP) is 2.27. The highest BCUT2D eigenvalue weighted by Crippen LogP contribution is 2.32. The molecule has 6 heteroatoms. The number of rotatable bonds is 6. The molecule has 20 heavy (non-hydrogen) atoms. The molecular weight excluding hydrogens is 278 g/mol. The number of carbonyl (C=O) groups excluding carboxylic acids is 2. The summed E-state index contributed by atoms with van der Waals surface area (Å²) < 4.78 is 4.88. The molecule has 1 atom stereocenters. The average Bonchev–Trinajstić information content (AvgIpc) is 2.87. The number of aromatic hydroxyl groups is 1. The van der Waals surface area contributed by atoms with Crippen molar-refractivity contribution in [2.45, 2.75) is 12.8 Å².